The van der Waals surface area contributed by atoms with E-state index in [-0.39, 0.29) is 18.5 Å². The number of imide groups is 1. The molecule has 1 saturated carbocycles. The Labute approximate surface area is 124 Å². The largest absolute Gasteiger partial charge is 0.351 e. The Balaban J connectivity index is 1.79. The minimum absolute atomic E-state index is 0.243. The van der Waals surface area contributed by atoms with Gasteiger partial charge < -0.3 is 5.73 Å². The molecule has 0 heterocycles. The van der Waals surface area contributed by atoms with E-state index < -0.39 is 6.03 Å². The van der Waals surface area contributed by atoms with Crippen LogP contribution in [0.5, 0.6) is 0 Å². The normalized spacial score (nSPS) is 20.9. The van der Waals surface area contributed by atoms with Crippen LogP contribution in [0.15, 0.2) is 24.3 Å². The van der Waals surface area contributed by atoms with Crippen molar-refractivity contribution >= 4 is 11.9 Å². The highest BCUT2D eigenvalue weighted by Crippen LogP contribution is 2.40. The number of carbonyl (C=O) groups is 2. The molecule has 1 unspecified atom stereocenters. The van der Waals surface area contributed by atoms with Crippen LogP contribution in [0.3, 0.4) is 0 Å². The van der Waals surface area contributed by atoms with Gasteiger partial charge >= 0.3 is 6.03 Å². The summed E-state index contributed by atoms with van der Waals surface area (Å²) in [5.41, 5.74) is 7.75. The van der Waals surface area contributed by atoms with Crippen LogP contribution in [0, 0.1) is 0 Å². The molecule has 2 aliphatic carbocycles. The third-order valence-corrected chi connectivity index (χ3v) is 4.34. The van der Waals surface area contributed by atoms with Crippen molar-refractivity contribution in [2.75, 3.05) is 6.54 Å². The Hall–Kier alpha value is -1.88. The Morgan fingerprint density at radius 2 is 2.00 bits per heavy atom. The van der Waals surface area contributed by atoms with Gasteiger partial charge in [-0.2, -0.15) is 0 Å². The van der Waals surface area contributed by atoms with E-state index in [2.05, 4.69) is 34.5 Å². The predicted molar refractivity (Wildman–Crippen MR) is 79.6 cm³/mol. The van der Waals surface area contributed by atoms with E-state index in [1.807, 2.05) is 0 Å². The van der Waals surface area contributed by atoms with Gasteiger partial charge in [-0.1, -0.05) is 24.3 Å². The highest BCUT2D eigenvalue weighted by Gasteiger charge is 2.37. The molecule has 3 rings (SSSR count). The fraction of sp³-hybridized carbons (Fsp3) is 0.500. The number of carbonyl (C=O) groups excluding carboxylic acids is 2. The molecule has 3 amide bonds. The number of nitrogens with two attached hydrogens (primary N) is 1. The summed E-state index contributed by atoms with van der Waals surface area (Å²) in [7, 11) is 0. The van der Waals surface area contributed by atoms with Gasteiger partial charge in [0.15, 0.2) is 0 Å². The minimum Gasteiger partial charge on any atom is -0.351 e. The van der Waals surface area contributed by atoms with Crippen LogP contribution in [0.4, 0.5) is 4.79 Å². The van der Waals surface area contributed by atoms with E-state index in [4.69, 9.17) is 5.73 Å². The first-order valence-electron chi connectivity index (χ1n) is 7.58. The van der Waals surface area contributed by atoms with E-state index in [1.54, 1.807) is 0 Å². The van der Waals surface area contributed by atoms with Crippen molar-refractivity contribution < 1.29 is 9.59 Å². The molecular formula is C16H21N3O2. The predicted octanol–water partition coefficient (Wildman–Crippen LogP) is 1.72. The third kappa shape index (κ3) is 3.24. The molecular weight excluding hydrogens is 266 g/mol. The lowest BCUT2D eigenvalue weighted by molar-refractivity contribution is -0.122. The molecule has 1 aromatic carbocycles. The maximum absolute atomic E-state index is 11.9. The standard InChI is InChI=1S/C16H21N3O2/c17-16(21)18-15(20)10-19(12-8-9-12)14-7-3-5-11-4-1-2-6-13(11)14/h1-2,4,6,12,14H,3,5,7-10H2,(H3,17,18,20,21). The summed E-state index contributed by atoms with van der Waals surface area (Å²) in [4.78, 5) is 25.0. The zero-order valence-electron chi connectivity index (χ0n) is 12.0. The van der Waals surface area contributed by atoms with Crippen LogP contribution in [0.25, 0.3) is 0 Å². The summed E-state index contributed by atoms with van der Waals surface area (Å²) >= 11 is 0. The zero-order valence-corrected chi connectivity index (χ0v) is 12.0. The average Bonchev–Trinajstić information content (AvgIpc) is 3.28. The van der Waals surface area contributed by atoms with Gasteiger partial charge in [-0.05, 0) is 43.2 Å². The van der Waals surface area contributed by atoms with Gasteiger partial charge in [-0.3, -0.25) is 15.0 Å². The first-order chi connectivity index (χ1) is 10.1. The quantitative estimate of drug-likeness (QED) is 0.885. The fourth-order valence-electron chi connectivity index (χ4n) is 3.32. The van der Waals surface area contributed by atoms with E-state index in [0.717, 1.165) is 32.1 Å². The first kappa shape index (κ1) is 14.1. The summed E-state index contributed by atoms with van der Waals surface area (Å²) in [5.74, 6) is -0.308. The van der Waals surface area contributed by atoms with E-state index >= 15 is 0 Å². The van der Waals surface area contributed by atoms with Crippen molar-refractivity contribution in [3.8, 4) is 0 Å². The molecule has 3 N–H and O–H groups in total. The molecule has 5 heteroatoms. The average molecular weight is 287 g/mol. The third-order valence-electron chi connectivity index (χ3n) is 4.34. The molecule has 5 nitrogen and oxygen atoms in total. The number of fused-ring (bicyclic) bond motifs is 1. The van der Waals surface area contributed by atoms with Crippen LogP contribution in [0.2, 0.25) is 0 Å². The highest BCUT2D eigenvalue weighted by molar-refractivity contribution is 5.94. The van der Waals surface area contributed by atoms with Crippen molar-refractivity contribution in [1.82, 2.24) is 10.2 Å². The number of rotatable bonds is 4. The molecule has 0 radical (unpaired) electrons. The van der Waals surface area contributed by atoms with Gasteiger partial charge in [-0.15, -0.1) is 0 Å². The first-order valence-corrected chi connectivity index (χ1v) is 7.58. The second kappa shape index (κ2) is 5.85. The van der Waals surface area contributed by atoms with Gasteiger partial charge in [0, 0.05) is 12.1 Å². The van der Waals surface area contributed by atoms with Gasteiger partial charge in [-0.25, -0.2) is 4.79 Å². The van der Waals surface area contributed by atoms with Crippen molar-refractivity contribution in [1.29, 1.82) is 0 Å². The van der Waals surface area contributed by atoms with Gasteiger partial charge in [0.2, 0.25) is 5.91 Å². The molecule has 1 fully saturated rings. The number of hydrogen-bond donors (Lipinski definition) is 2. The van der Waals surface area contributed by atoms with Crippen LogP contribution in [-0.2, 0) is 11.2 Å². The summed E-state index contributed by atoms with van der Waals surface area (Å²) < 4.78 is 0. The fourth-order valence-corrected chi connectivity index (χ4v) is 3.32. The minimum atomic E-state index is -0.778. The molecule has 0 bridgehead atoms. The summed E-state index contributed by atoms with van der Waals surface area (Å²) in [6, 6.07) is 8.44. The van der Waals surface area contributed by atoms with Crippen molar-refractivity contribution in [3.05, 3.63) is 35.4 Å². The number of hydrogen-bond acceptors (Lipinski definition) is 3. The van der Waals surface area contributed by atoms with E-state index in [0.29, 0.717) is 6.04 Å². The maximum Gasteiger partial charge on any atom is 0.318 e. The summed E-state index contributed by atoms with van der Waals surface area (Å²) in [5, 5.41) is 2.18. The number of amides is 3. The van der Waals surface area contributed by atoms with Gasteiger partial charge in [0.05, 0.1) is 6.54 Å². The molecule has 0 aromatic heterocycles. The van der Waals surface area contributed by atoms with Crippen LogP contribution >= 0.6 is 0 Å². The Bertz CT molecular complexity index is 554. The lowest BCUT2D eigenvalue weighted by atomic mass is 9.86. The monoisotopic (exact) mass is 287 g/mol. The number of nitrogens with zero attached hydrogens (tertiary/aromatic N) is 1. The Morgan fingerprint density at radius 3 is 2.71 bits per heavy atom. The molecule has 112 valence electrons. The summed E-state index contributed by atoms with van der Waals surface area (Å²) in [6.07, 6.45) is 5.57. The molecule has 21 heavy (non-hydrogen) atoms. The van der Waals surface area contributed by atoms with E-state index in [9.17, 15) is 9.59 Å². The van der Waals surface area contributed by atoms with Crippen molar-refractivity contribution in [2.45, 2.75) is 44.2 Å². The molecule has 0 aliphatic heterocycles. The number of aryl methyl sites for hydroxylation is 1. The number of primary amides is 1. The molecule has 2 aliphatic rings. The Kier molecular flexibility index (Phi) is 3.92. The van der Waals surface area contributed by atoms with Crippen LogP contribution in [0.1, 0.15) is 42.9 Å². The molecule has 0 spiro atoms. The number of benzene rings is 1. The molecule has 1 atom stereocenters. The number of urea groups is 1. The van der Waals surface area contributed by atoms with Gasteiger partial charge in [0.1, 0.15) is 0 Å². The Morgan fingerprint density at radius 1 is 1.24 bits per heavy atom. The van der Waals surface area contributed by atoms with Crippen molar-refractivity contribution in [3.63, 3.8) is 0 Å². The lowest BCUT2D eigenvalue weighted by Crippen LogP contribution is -2.44. The van der Waals surface area contributed by atoms with Crippen LogP contribution in [-0.4, -0.2) is 29.4 Å². The smallest absolute Gasteiger partial charge is 0.318 e. The summed E-state index contributed by atoms with van der Waals surface area (Å²) in [6.45, 7) is 0.243. The molecule has 0 saturated heterocycles. The van der Waals surface area contributed by atoms with Gasteiger partial charge in [0.25, 0.3) is 0 Å². The zero-order chi connectivity index (χ0) is 14.8. The van der Waals surface area contributed by atoms with Crippen LogP contribution < -0.4 is 11.1 Å². The second-order valence-corrected chi connectivity index (χ2v) is 5.92. The van der Waals surface area contributed by atoms with Crippen molar-refractivity contribution in [2.24, 2.45) is 5.73 Å². The van der Waals surface area contributed by atoms with E-state index in [1.165, 1.54) is 11.1 Å². The number of nitrogens with one attached hydrogen (secondary N) is 1. The lowest BCUT2D eigenvalue weighted by Gasteiger charge is -2.35. The molecule has 1 aromatic rings. The SMILES string of the molecule is NC(=O)NC(=O)CN(C1CC1)C1CCCc2ccccc21. The second-order valence-electron chi connectivity index (χ2n) is 5.92. The maximum atomic E-state index is 11.9. The highest BCUT2D eigenvalue weighted by atomic mass is 16.2. The topological polar surface area (TPSA) is 75.4 Å².